The van der Waals surface area contributed by atoms with E-state index in [4.69, 9.17) is 4.74 Å². The van der Waals surface area contributed by atoms with E-state index in [1.54, 1.807) is 4.80 Å². The summed E-state index contributed by atoms with van der Waals surface area (Å²) in [6.07, 6.45) is 6.90. The quantitative estimate of drug-likeness (QED) is 0.825. The van der Waals surface area contributed by atoms with Gasteiger partial charge in [-0.15, -0.1) is 0 Å². The van der Waals surface area contributed by atoms with Crippen LogP contribution in [0.5, 0.6) is 0 Å². The lowest BCUT2D eigenvalue weighted by atomic mass is 9.97. The van der Waals surface area contributed by atoms with Gasteiger partial charge in [-0.25, -0.2) is 0 Å². The second kappa shape index (κ2) is 6.02. The zero-order chi connectivity index (χ0) is 14.9. The van der Waals surface area contributed by atoms with E-state index in [1.807, 2.05) is 13.2 Å². The van der Waals surface area contributed by atoms with Gasteiger partial charge in [-0.2, -0.15) is 15.0 Å². The lowest BCUT2D eigenvalue weighted by molar-refractivity contribution is -0.136. The van der Waals surface area contributed by atoms with Crippen molar-refractivity contribution in [3.05, 3.63) is 11.9 Å². The molecule has 1 spiro atoms. The van der Waals surface area contributed by atoms with Crippen molar-refractivity contribution in [1.29, 1.82) is 0 Å². The number of ether oxygens (including phenoxy) is 1. The van der Waals surface area contributed by atoms with Crippen LogP contribution >= 0.6 is 0 Å². The molecule has 2 heterocycles. The number of aryl methyl sites for hydroxylation is 1. The molecule has 1 aliphatic carbocycles. The molecule has 1 saturated heterocycles. The van der Waals surface area contributed by atoms with Gasteiger partial charge in [0.15, 0.2) is 0 Å². The molecule has 2 fully saturated rings. The van der Waals surface area contributed by atoms with E-state index < -0.39 is 0 Å². The Labute approximate surface area is 127 Å². The van der Waals surface area contributed by atoms with Crippen molar-refractivity contribution < 1.29 is 4.74 Å². The van der Waals surface area contributed by atoms with Gasteiger partial charge in [0.05, 0.1) is 24.1 Å². The first kappa shape index (κ1) is 14.9. The van der Waals surface area contributed by atoms with Crippen LogP contribution in [-0.2, 0) is 18.3 Å². The molecule has 1 aromatic rings. The third-order valence-electron chi connectivity index (χ3n) is 4.69. The van der Waals surface area contributed by atoms with E-state index in [0.717, 1.165) is 31.9 Å². The van der Waals surface area contributed by atoms with Crippen LogP contribution in [0, 0.1) is 0 Å². The first-order valence-electron chi connectivity index (χ1n) is 7.94. The average molecular weight is 293 g/mol. The molecular weight excluding hydrogens is 266 g/mol. The SMILES string of the molecule is CN(C)CC1COC2(CCCC2)CN1Cc1cnn(C)n1. The predicted molar refractivity (Wildman–Crippen MR) is 80.9 cm³/mol. The molecule has 1 aromatic heterocycles. The highest BCUT2D eigenvalue weighted by Gasteiger charge is 2.42. The Morgan fingerprint density at radius 3 is 2.76 bits per heavy atom. The third kappa shape index (κ3) is 3.44. The molecule has 0 bridgehead atoms. The normalized spacial score (nSPS) is 26.0. The largest absolute Gasteiger partial charge is 0.372 e. The number of nitrogens with zero attached hydrogens (tertiary/aromatic N) is 5. The summed E-state index contributed by atoms with van der Waals surface area (Å²) in [5, 5.41) is 8.64. The van der Waals surface area contributed by atoms with Gasteiger partial charge < -0.3 is 9.64 Å². The lowest BCUT2D eigenvalue weighted by Gasteiger charge is -2.46. The number of hydrogen-bond donors (Lipinski definition) is 0. The second-order valence-electron chi connectivity index (χ2n) is 6.85. The summed E-state index contributed by atoms with van der Waals surface area (Å²) in [6.45, 7) is 3.76. The molecule has 6 nitrogen and oxygen atoms in total. The first-order chi connectivity index (χ1) is 10.1. The number of rotatable bonds is 4. The Balaban J connectivity index is 1.72. The van der Waals surface area contributed by atoms with Crippen LogP contribution in [0.4, 0.5) is 0 Å². The minimum atomic E-state index is 0.102. The van der Waals surface area contributed by atoms with Crippen molar-refractivity contribution in [1.82, 2.24) is 24.8 Å². The van der Waals surface area contributed by atoms with Gasteiger partial charge in [-0.3, -0.25) is 4.90 Å². The number of hydrogen-bond acceptors (Lipinski definition) is 5. The minimum absolute atomic E-state index is 0.102. The van der Waals surface area contributed by atoms with Crippen molar-refractivity contribution >= 4 is 0 Å². The van der Waals surface area contributed by atoms with Crippen LogP contribution in [0.15, 0.2) is 6.20 Å². The highest BCUT2D eigenvalue weighted by atomic mass is 16.5. The van der Waals surface area contributed by atoms with Crippen molar-refractivity contribution in [3.8, 4) is 0 Å². The molecule has 0 aromatic carbocycles. The number of morpholine rings is 1. The summed E-state index contributed by atoms with van der Waals surface area (Å²) in [7, 11) is 6.12. The topological polar surface area (TPSA) is 46.4 Å². The highest BCUT2D eigenvalue weighted by molar-refractivity contribution is 4.99. The maximum atomic E-state index is 6.30. The van der Waals surface area contributed by atoms with Crippen molar-refractivity contribution in [2.45, 2.75) is 43.9 Å². The summed E-state index contributed by atoms with van der Waals surface area (Å²) in [6, 6.07) is 0.438. The van der Waals surface area contributed by atoms with E-state index in [0.29, 0.717) is 6.04 Å². The van der Waals surface area contributed by atoms with E-state index >= 15 is 0 Å². The Hall–Kier alpha value is -0.980. The van der Waals surface area contributed by atoms with Crippen LogP contribution in [0.2, 0.25) is 0 Å². The molecule has 0 radical (unpaired) electrons. The Morgan fingerprint density at radius 2 is 2.14 bits per heavy atom. The standard InChI is InChI=1S/C15H27N5O/c1-18(2)10-14-11-21-15(6-4-5-7-15)12-20(14)9-13-8-16-19(3)17-13/h8,14H,4-7,9-12H2,1-3H3. The summed E-state index contributed by atoms with van der Waals surface area (Å²) >= 11 is 0. The summed E-state index contributed by atoms with van der Waals surface area (Å²) < 4.78 is 6.30. The number of aromatic nitrogens is 3. The van der Waals surface area contributed by atoms with Gasteiger partial charge in [-0.05, 0) is 26.9 Å². The van der Waals surface area contributed by atoms with Gasteiger partial charge in [0.25, 0.3) is 0 Å². The highest BCUT2D eigenvalue weighted by Crippen LogP contribution is 2.37. The molecule has 1 saturated carbocycles. The molecule has 21 heavy (non-hydrogen) atoms. The summed E-state index contributed by atoms with van der Waals surface area (Å²) in [5.74, 6) is 0. The molecule has 1 unspecified atom stereocenters. The molecule has 118 valence electrons. The lowest BCUT2D eigenvalue weighted by Crippen LogP contribution is -2.57. The molecule has 1 atom stereocenters. The fourth-order valence-corrected chi connectivity index (χ4v) is 3.69. The Bertz CT molecular complexity index is 466. The summed E-state index contributed by atoms with van der Waals surface area (Å²) in [4.78, 5) is 6.44. The summed E-state index contributed by atoms with van der Waals surface area (Å²) in [5.41, 5.74) is 1.15. The predicted octanol–water partition coefficient (Wildman–Crippen LogP) is 0.890. The van der Waals surface area contributed by atoms with Gasteiger partial charge in [0, 0.05) is 32.7 Å². The Morgan fingerprint density at radius 1 is 1.38 bits per heavy atom. The Kier molecular flexibility index (Phi) is 4.28. The maximum Gasteiger partial charge on any atom is 0.0967 e. The zero-order valence-electron chi connectivity index (χ0n) is 13.5. The van der Waals surface area contributed by atoms with Gasteiger partial charge >= 0.3 is 0 Å². The molecule has 1 aliphatic heterocycles. The first-order valence-corrected chi connectivity index (χ1v) is 7.94. The van der Waals surface area contributed by atoms with Crippen LogP contribution in [0.1, 0.15) is 31.4 Å². The van der Waals surface area contributed by atoms with E-state index in [2.05, 4.69) is 34.1 Å². The molecule has 6 heteroatoms. The van der Waals surface area contributed by atoms with Crippen LogP contribution in [-0.4, -0.2) is 70.2 Å². The number of likely N-dealkylation sites (N-methyl/N-ethyl adjacent to an activating group) is 1. The van der Waals surface area contributed by atoms with Crippen molar-refractivity contribution in [3.63, 3.8) is 0 Å². The second-order valence-corrected chi connectivity index (χ2v) is 6.85. The monoisotopic (exact) mass is 293 g/mol. The van der Waals surface area contributed by atoms with Crippen LogP contribution in [0.25, 0.3) is 0 Å². The van der Waals surface area contributed by atoms with Crippen LogP contribution in [0.3, 0.4) is 0 Å². The van der Waals surface area contributed by atoms with Crippen LogP contribution < -0.4 is 0 Å². The molecular formula is C15H27N5O. The molecule has 0 amide bonds. The van der Waals surface area contributed by atoms with E-state index in [-0.39, 0.29) is 5.60 Å². The van der Waals surface area contributed by atoms with E-state index in [1.165, 1.54) is 25.7 Å². The van der Waals surface area contributed by atoms with E-state index in [9.17, 15) is 0 Å². The molecule has 0 N–H and O–H groups in total. The fraction of sp³-hybridized carbons (Fsp3) is 0.867. The smallest absolute Gasteiger partial charge is 0.0967 e. The molecule has 3 rings (SSSR count). The zero-order valence-corrected chi connectivity index (χ0v) is 13.5. The fourth-order valence-electron chi connectivity index (χ4n) is 3.69. The van der Waals surface area contributed by atoms with Gasteiger partial charge in [-0.1, -0.05) is 12.8 Å². The van der Waals surface area contributed by atoms with Gasteiger partial charge in [0.2, 0.25) is 0 Å². The van der Waals surface area contributed by atoms with Gasteiger partial charge in [0.1, 0.15) is 0 Å². The minimum Gasteiger partial charge on any atom is -0.372 e. The third-order valence-corrected chi connectivity index (χ3v) is 4.69. The van der Waals surface area contributed by atoms with Crippen molar-refractivity contribution in [2.24, 2.45) is 7.05 Å². The molecule has 2 aliphatic rings. The average Bonchev–Trinajstić information content (AvgIpc) is 3.03. The maximum absolute atomic E-state index is 6.30. The van der Waals surface area contributed by atoms with Crippen molar-refractivity contribution in [2.75, 3.05) is 33.8 Å².